The first kappa shape index (κ1) is 13.3. The van der Waals surface area contributed by atoms with Crippen LogP contribution in [0.5, 0.6) is 17.2 Å². The Morgan fingerprint density at radius 2 is 2.10 bits per heavy atom. The standard InChI is InChI=1S/C14H14N2O5/c1-16-9(7-8(15-16)14(18)19)12-10(17)3-4-11-13(12)21-6-2-5-20-11/h3-4,7,17H,2,5-6H2,1H3,(H,18,19). The summed E-state index contributed by atoms with van der Waals surface area (Å²) in [6, 6.07) is 4.52. The van der Waals surface area contributed by atoms with Gasteiger partial charge in [-0.15, -0.1) is 0 Å². The Morgan fingerprint density at radius 3 is 2.81 bits per heavy atom. The summed E-state index contributed by atoms with van der Waals surface area (Å²) in [5.41, 5.74) is 0.739. The van der Waals surface area contributed by atoms with Crippen LogP contribution in [0.25, 0.3) is 11.3 Å². The first-order chi connectivity index (χ1) is 10.1. The van der Waals surface area contributed by atoms with Crippen LogP contribution < -0.4 is 9.47 Å². The molecule has 2 N–H and O–H groups in total. The van der Waals surface area contributed by atoms with Crippen LogP contribution in [-0.2, 0) is 7.05 Å². The van der Waals surface area contributed by atoms with Crippen LogP contribution in [0.1, 0.15) is 16.9 Å². The van der Waals surface area contributed by atoms with Crippen molar-refractivity contribution >= 4 is 5.97 Å². The Labute approximate surface area is 120 Å². The fourth-order valence-electron chi connectivity index (χ4n) is 2.28. The number of carboxylic acid groups (broad SMARTS) is 1. The molecule has 110 valence electrons. The normalized spacial score (nSPS) is 13.8. The van der Waals surface area contributed by atoms with E-state index in [9.17, 15) is 9.90 Å². The minimum absolute atomic E-state index is 0.0146. The molecule has 1 aromatic carbocycles. The van der Waals surface area contributed by atoms with Crippen molar-refractivity contribution < 1.29 is 24.5 Å². The summed E-state index contributed by atoms with van der Waals surface area (Å²) in [6.45, 7) is 0.996. The molecule has 0 aliphatic carbocycles. The number of hydrogen-bond acceptors (Lipinski definition) is 5. The number of carbonyl (C=O) groups is 1. The summed E-state index contributed by atoms with van der Waals surface area (Å²) >= 11 is 0. The van der Waals surface area contributed by atoms with Gasteiger partial charge in [0.05, 0.1) is 24.5 Å². The molecule has 0 saturated heterocycles. The van der Waals surface area contributed by atoms with Crippen LogP contribution in [0.15, 0.2) is 18.2 Å². The SMILES string of the molecule is Cn1nc(C(=O)O)cc1-c1c(O)ccc2c1OCCCO2. The largest absolute Gasteiger partial charge is 0.507 e. The molecule has 0 unspecified atom stereocenters. The molecule has 7 heteroatoms. The van der Waals surface area contributed by atoms with Gasteiger partial charge >= 0.3 is 5.97 Å². The Hall–Kier alpha value is -2.70. The Balaban J connectivity index is 2.20. The van der Waals surface area contributed by atoms with E-state index in [0.717, 1.165) is 6.42 Å². The molecule has 7 nitrogen and oxygen atoms in total. The molecule has 0 fully saturated rings. The van der Waals surface area contributed by atoms with Crippen LogP contribution in [0, 0.1) is 0 Å². The highest BCUT2D eigenvalue weighted by Crippen LogP contribution is 2.45. The molecule has 1 aliphatic rings. The highest BCUT2D eigenvalue weighted by Gasteiger charge is 2.23. The number of aromatic nitrogens is 2. The second-order valence-electron chi connectivity index (χ2n) is 4.68. The third-order valence-electron chi connectivity index (χ3n) is 3.25. The summed E-state index contributed by atoms with van der Waals surface area (Å²) in [4.78, 5) is 11.0. The summed E-state index contributed by atoms with van der Waals surface area (Å²) < 4.78 is 12.6. The molecule has 1 aliphatic heterocycles. The number of rotatable bonds is 2. The average molecular weight is 290 g/mol. The first-order valence-electron chi connectivity index (χ1n) is 6.47. The lowest BCUT2D eigenvalue weighted by Crippen LogP contribution is -2.00. The molecular weight excluding hydrogens is 276 g/mol. The molecule has 0 atom stereocenters. The maximum Gasteiger partial charge on any atom is 0.356 e. The number of phenolic OH excluding ortho intramolecular Hbond substituents is 1. The fourth-order valence-corrected chi connectivity index (χ4v) is 2.28. The van der Waals surface area contributed by atoms with Crippen molar-refractivity contribution in [1.82, 2.24) is 9.78 Å². The van der Waals surface area contributed by atoms with Crippen LogP contribution in [-0.4, -0.2) is 39.2 Å². The van der Waals surface area contributed by atoms with Gasteiger partial charge < -0.3 is 19.7 Å². The molecule has 0 bridgehead atoms. The predicted octanol–water partition coefficient (Wildman–Crippen LogP) is 1.65. The number of aromatic hydroxyl groups is 1. The van der Waals surface area contributed by atoms with Gasteiger partial charge in [0.2, 0.25) is 0 Å². The number of benzene rings is 1. The van der Waals surface area contributed by atoms with Crippen LogP contribution >= 0.6 is 0 Å². The average Bonchev–Trinajstić information content (AvgIpc) is 2.68. The third kappa shape index (κ3) is 2.26. The number of phenols is 1. The zero-order chi connectivity index (χ0) is 15.0. The van der Waals surface area contributed by atoms with Gasteiger partial charge in [0.25, 0.3) is 0 Å². The minimum Gasteiger partial charge on any atom is -0.507 e. The maximum atomic E-state index is 11.0. The number of carboxylic acids is 1. The van der Waals surface area contributed by atoms with E-state index >= 15 is 0 Å². The number of hydrogen-bond donors (Lipinski definition) is 2. The second-order valence-corrected chi connectivity index (χ2v) is 4.68. The lowest BCUT2D eigenvalue weighted by atomic mass is 10.1. The van der Waals surface area contributed by atoms with Crippen LogP contribution in [0.2, 0.25) is 0 Å². The summed E-state index contributed by atoms with van der Waals surface area (Å²) in [6.07, 6.45) is 0.737. The molecule has 2 heterocycles. The minimum atomic E-state index is -1.13. The molecule has 0 spiro atoms. The van der Waals surface area contributed by atoms with Crippen molar-refractivity contribution in [3.63, 3.8) is 0 Å². The van der Waals surface area contributed by atoms with Gasteiger partial charge in [-0.05, 0) is 18.2 Å². The summed E-state index contributed by atoms with van der Waals surface area (Å²) in [5.74, 6) is -0.208. The van der Waals surface area contributed by atoms with Gasteiger partial charge in [0, 0.05) is 13.5 Å². The van der Waals surface area contributed by atoms with Gasteiger partial charge in [0.15, 0.2) is 17.2 Å². The van der Waals surface area contributed by atoms with Gasteiger partial charge in [-0.3, -0.25) is 4.68 Å². The Kier molecular flexibility index (Phi) is 3.17. The maximum absolute atomic E-state index is 11.0. The highest BCUT2D eigenvalue weighted by molar-refractivity contribution is 5.88. The van der Waals surface area contributed by atoms with E-state index in [4.69, 9.17) is 14.6 Å². The van der Waals surface area contributed by atoms with Gasteiger partial charge in [0.1, 0.15) is 5.75 Å². The zero-order valence-corrected chi connectivity index (χ0v) is 11.4. The number of aryl methyl sites for hydroxylation is 1. The van der Waals surface area contributed by atoms with Crippen molar-refractivity contribution in [2.75, 3.05) is 13.2 Å². The summed E-state index contributed by atoms with van der Waals surface area (Å²) in [7, 11) is 1.61. The van der Waals surface area contributed by atoms with E-state index < -0.39 is 5.97 Å². The second kappa shape index (κ2) is 5.01. The molecule has 3 rings (SSSR count). The van der Waals surface area contributed by atoms with E-state index in [2.05, 4.69) is 5.10 Å². The highest BCUT2D eigenvalue weighted by atomic mass is 16.5. The number of fused-ring (bicyclic) bond motifs is 1. The Bertz CT molecular complexity index is 708. The van der Waals surface area contributed by atoms with E-state index in [1.807, 2.05) is 0 Å². The van der Waals surface area contributed by atoms with E-state index in [0.29, 0.717) is 36.0 Å². The van der Waals surface area contributed by atoms with Crippen molar-refractivity contribution in [3.8, 4) is 28.5 Å². The van der Waals surface area contributed by atoms with Gasteiger partial charge in [-0.1, -0.05) is 0 Å². The third-order valence-corrected chi connectivity index (χ3v) is 3.25. The fraction of sp³-hybridized carbons (Fsp3) is 0.286. The number of aromatic carboxylic acids is 1. The predicted molar refractivity (Wildman–Crippen MR) is 72.9 cm³/mol. The lowest BCUT2D eigenvalue weighted by molar-refractivity contribution is 0.0689. The molecule has 21 heavy (non-hydrogen) atoms. The first-order valence-corrected chi connectivity index (χ1v) is 6.47. The quantitative estimate of drug-likeness (QED) is 0.873. The van der Waals surface area contributed by atoms with Gasteiger partial charge in [-0.25, -0.2) is 4.79 Å². The van der Waals surface area contributed by atoms with Crippen LogP contribution in [0.3, 0.4) is 0 Å². The van der Waals surface area contributed by atoms with Crippen molar-refractivity contribution in [2.24, 2.45) is 7.05 Å². The van der Waals surface area contributed by atoms with Crippen LogP contribution in [0.4, 0.5) is 0 Å². The molecular formula is C14H14N2O5. The van der Waals surface area contributed by atoms with Crippen molar-refractivity contribution in [3.05, 3.63) is 23.9 Å². The van der Waals surface area contributed by atoms with Crippen molar-refractivity contribution in [1.29, 1.82) is 0 Å². The smallest absolute Gasteiger partial charge is 0.356 e. The molecule has 0 amide bonds. The van der Waals surface area contributed by atoms with E-state index in [1.165, 1.54) is 16.8 Å². The topological polar surface area (TPSA) is 93.8 Å². The molecule has 1 aromatic heterocycles. The molecule has 0 radical (unpaired) electrons. The van der Waals surface area contributed by atoms with E-state index in [1.54, 1.807) is 13.1 Å². The molecule has 2 aromatic rings. The lowest BCUT2D eigenvalue weighted by Gasteiger charge is -2.14. The number of ether oxygens (including phenoxy) is 2. The van der Waals surface area contributed by atoms with Gasteiger partial charge in [-0.2, -0.15) is 5.10 Å². The van der Waals surface area contributed by atoms with E-state index in [-0.39, 0.29) is 11.4 Å². The number of nitrogens with zero attached hydrogens (tertiary/aromatic N) is 2. The molecule has 0 saturated carbocycles. The zero-order valence-electron chi connectivity index (χ0n) is 11.4. The Morgan fingerprint density at radius 1 is 1.33 bits per heavy atom. The monoisotopic (exact) mass is 290 g/mol. The van der Waals surface area contributed by atoms with Crippen molar-refractivity contribution in [2.45, 2.75) is 6.42 Å². The summed E-state index contributed by atoms with van der Waals surface area (Å²) in [5, 5.41) is 23.1.